The Balaban J connectivity index is 2.58. The SMILES string of the molecule is CCNc1nc2cc(Cl)cc(Cl)c2o1. The zero-order valence-corrected chi connectivity index (χ0v) is 8.99. The molecule has 0 saturated heterocycles. The Labute approximate surface area is 91.0 Å². The average Bonchev–Trinajstić information content (AvgIpc) is 2.48. The van der Waals surface area contributed by atoms with Crippen LogP contribution < -0.4 is 5.32 Å². The lowest BCUT2D eigenvalue weighted by molar-refractivity contribution is 0.616. The lowest BCUT2D eigenvalue weighted by atomic mass is 10.3. The van der Waals surface area contributed by atoms with Crippen molar-refractivity contribution in [1.29, 1.82) is 0 Å². The van der Waals surface area contributed by atoms with Crippen molar-refractivity contribution >= 4 is 40.3 Å². The van der Waals surface area contributed by atoms with Crippen molar-refractivity contribution in [2.45, 2.75) is 6.92 Å². The summed E-state index contributed by atoms with van der Waals surface area (Å²) in [5, 5.41) is 3.99. The molecular weight excluding hydrogens is 223 g/mol. The molecule has 0 atom stereocenters. The molecule has 0 aliphatic rings. The third-order valence-electron chi connectivity index (χ3n) is 1.74. The molecule has 0 aliphatic heterocycles. The number of aromatic nitrogens is 1. The molecule has 0 unspecified atom stereocenters. The Bertz CT molecular complexity index is 467. The molecule has 1 heterocycles. The Morgan fingerprint density at radius 2 is 2.21 bits per heavy atom. The number of hydrogen-bond acceptors (Lipinski definition) is 3. The maximum Gasteiger partial charge on any atom is 0.295 e. The molecule has 0 radical (unpaired) electrons. The number of anilines is 1. The molecule has 0 saturated carbocycles. The highest BCUT2D eigenvalue weighted by atomic mass is 35.5. The molecule has 0 amide bonds. The van der Waals surface area contributed by atoms with E-state index >= 15 is 0 Å². The van der Waals surface area contributed by atoms with Gasteiger partial charge in [0.1, 0.15) is 5.52 Å². The van der Waals surface area contributed by atoms with Gasteiger partial charge in [-0.2, -0.15) is 4.98 Å². The fourth-order valence-corrected chi connectivity index (χ4v) is 1.71. The van der Waals surface area contributed by atoms with E-state index in [0.717, 1.165) is 6.54 Å². The summed E-state index contributed by atoms with van der Waals surface area (Å²) < 4.78 is 5.38. The Morgan fingerprint density at radius 3 is 2.93 bits per heavy atom. The van der Waals surface area contributed by atoms with E-state index in [4.69, 9.17) is 27.6 Å². The number of rotatable bonds is 2. The van der Waals surface area contributed by atoms with Crippen molar-refractivity contribution in [3.05, 3.63) is 22.2 Å². The lowest BCUT2D eigenvalue weighted by Gasteiger charge is -1.92. The third kappa shape index (κ3) is 1.65. The summed E-state index contributed by atoms with van der Waals surface area (Å²) in [6.07, 6.45) is 0. The van der Waals surface area contributed by atoms with Crippen LogP contribution in [0.3, 0.4) is 0 Å². The van der Waals surface area contributed by atoms with Gasteiger partial charge >= 0.3 is 0 Å². The van der Waals surface area contributed by atoms with Crippen molar-refractivity contribution in [3.8, 4) is 0 Å². The maximum absolute atomic E-state index is 5.93. The van der Waals surface area contributed by atoms with Crippen molar-refractivity contribution in [1.82, 2.24) is 4.98 Å². The van der Waals surface area contributed by atoms with Crippen LogP contribution in [0.15, 0.2) is 16.5 Å². The van der Waals surface area contributed by atoms with Gasteiger partial charge in [0.25, 0.3) is 6.01 Å². The average molecular weight is 231 g/mol. The van der Waals surface area contributed by atoms with Gasteiger partial charge in [0.2, 0.25) is 0 Å². The quantitative estimate of drug-likeness (QED) is 0.858. The second-order valence-electron chi connectivity index (χ2n) is 2.79. The molecule has 1 N–H and O–H groups in total. The van der Waals surface area contributed by atoms with E-state index in [1.54, 1.807) is 12.1 Å². The van der Waals surface area contributed by atoms with Gasteiger partial charge in [0, 0.05) is 11.6 Å². The van der Waals surface area contributed by atoms with Gasteiger partial charge in [0.05, 0.1) is 5.02 Å². The number of halogens is 2. The highest BCUT2D eigenvalue weighted by Crippen LogP contribution is 2.29. The first-order valence-corrected chi connectivity index (χ1v) is 4.95. The third-order valence-corrected chi connectivity index (χ3v) is 2.24. The number of nitrogens with one attached hydrogen (secondary N) is 1. The minimum absolute atomic E-state index is 0.465. The zero-order chi connectivity index (χ0) is 10.1. The fraction of sp³-hybridized carbons (Fsp3) is 0.222. The van der Waals surface area contributed by atoms with Gasteiger partial charge < -0.3 is 9.73 Å². The lowest BCUT2D eigenvalue weighted by Crippen LogP contribution is -1.95. The first-order chi connectivity index (χ1) is 6.70. The highest BCUT2D eigenvalue weighted by molar-refractivity contribution is 6.38. The molecule has 0 bridgehead atoms. The standard InChI is InChI=1S/C9H8Cl2N2O/c1-2-12-9-13-7-4-5(10)3-6(11)8(7)14-9/h3-4H,2H2,1H3,(H,12,13). The largest absolute Gasteiger partial charge is 0.422 e. The minimum Gasteiger partial charge on any atom is -0.422 e. The number of benzene rings is 1. The second kappa shape index (κ2) is 3.67. The van der Waals surface area contributed by atoms with Crippen molar-refractivity contribution in [2.75, 3.05) is 11.9 Å². The monoisotopic (exact) mass is 230 g/mol. The summed E-state index contributed by atoms with van der Waals surface area (Å²) in [6.45, 7) is 2.71. The van der Waals surface area contributed by atoms with Gasteiger partial charge in [-0.3, -0.25) is 0 Å². The molecule has 5 heteroatoms. The molecule has 14 heavy (non-hydrogen) atoms. The Kier molecular flexibility index (Phi) is 2.52. The molecular formula is C9H8Cl2N2O. The minimum atomic E-state index is 0.465. The van der Waals surface area contributed by atoms with E-state index in [2.05, 4.69) is 10.3 Å². The fourth-order valence-electron chi connectivity index (χ4n) is 1.19. The second-order valence-corrected chi connectivity index (χ2v) is 3.63. The molecule has 0 spiro atoms. The van der Waals surface area contributed by atoms with Crippen LogP contribution in [-0.2, 0) is 0 Å². The van der Waals surface area contributed by atoms with Crippen LogP contribution in [0.2, 0.25) is 10.0 Å². The molecule has 1 aromatic carbocycles. The summed E-state index contributed by atoms with van der Waals surface area (Å²) in [5.74, 6) is 0. The molecule has 0 fully saturated rings. The number of nitrogens with zero attached hydrogens (tertiary/aromatic N) is 1. The topological polar surface area (TPSA) is 38.1 Å². The molecule has 2 rings (SSSR count). The summed E-state index contributed by atoms with van der Waals surface area (Å²) in [5.41, 5.74) is 1.23. The van der Waals surface area contributed by atoms with Crippen LogP contribution in [0.1, 0.15) is 6.92 Å². The first-order valence-electron chi connectivity index (χ1n) is 4.20. The summed E-state index contributed by atoms with van der Waals surface area (Å²) in [4.78, 5) is 4.18. The van der Waals surface area contributed by atoms with Crippen LogP contribution in [0.4, 0.5) is 6.01 Å². The van der Waals surface area contributed by atoms with Crippen LogP contribution in [0, 0.1) is 0 Å². The smallest absolute Gasteiger partial charge is 0.295 e. The molecule has 1 aromatic heterocycles. The van der Waals surface area contributed by atoms with E-state index < -0.39 is 0 Å². The van der Waals surface area contributed by atoms with E-state index in [9.17, 15) is 0 Å². The van der Waals surface area contributed by atoms with Gasteiger partial charge in [-0.1, -0.05) is 23.2 Å². The van der Waals surface area contributed by atoms with E-state index in [1.807, 2.05) is 6.92 Å². The predicted octanol–water partition coefficient (Wildman–Crippen LogP) is 3.57. The number of oxazole rings is 1. The van der Waals surface area contributed by atoms with Crippen LogP contribution in [-0.4, -0.2) is 11.5 Å². The van der Waals surface area contributed by atoms with Crippen LogP contribution >= 0.6 is 23.2 Å². The molecule has 2 aromatic rings. The van der Waals surface area contributed by atoms with Crippen molar-refractivity contribution < 1.29 is 4.42 Å². The van der Waals surface area contributed by atoms with E-state index in [-0.39, 0.29) is 0 Å². The highest BCUT2D eigenvalue weighted by Gasteiger charge is 2.09. The summed E-state index contributed by atoms with van der Waals surface area (Å²) in [6, 6.07) is 3.81. The first kappa shape index (κ1) is 9.62. The van der Waals surface area contributed by atoms with Gasteiger partial charge in [0.15, 0.2) is 5.58 Å². The van der Waals surface area contributed by atoms with Crippen molar-refractivity contribution in [3.63, 3.8) is 0 Å². The van der Waals surface area contributed by atoms with Gasteiger partial charge in [-0.05, 0) is 19.1 Å². The number of hydrogen-bond donors (Lipinski definition) is 1. The molecule has 3 nitrogen and oxygen atoms in total. The Morgan fingerprint density at radius 1 is 1.43 bits per heavy atom. The van der Waals surface area contributed by atoms with Crippen LogP contribution in [0.5, 0.6) is 0 Å². The summed E-state index contributed by atoms with van der Waals surface area (Å²) in [7, 11) is 0. The van der Waals surface area contributed by atoms with E-state index in [0.29, 0.717) is 27.2 Å². The summed E-state index contributed by atoms with van der Waals surface area (Å²) >= 11 is 11.8. The number of fused-ring (bicyclic) bond motifs is 1. The van der Waals surface area contributed by atoms with Crippen LogP contribution in [0.25, 0.3) is 11.1 Å². The zero-order valence-electron chi connectivity index (χ0n) is 7.47. The normalized spacial score (nSPS) is 10.8. The van der Waals surface area contributed by atoms with Gasteiger partial charge in [-0.15, -0.1) is 0 Å². The molecule has 74 valence electrons. The van der Waals surface area contributed by atoms with Gasteiger partial charge in [-0.25, -0.2) is 0 Å². The molecule has 0 aliphatic carbocycles. The maximum atomic E-state index is 5.93. The van der Waals surface area contributed by atoms with E-state index in [1.165, 1.54) is 0 Å². The van der Waals surface area contributed by atoms with Crippen molar-refractivity contribution in [2.24, 2.45) is 0 Å². The predicted molar refractivity (Wildman–Crippen MR) is 58.2 cm³/mol. The Hall–Kier alpha value is -0.930.